The molecule has 0 radical (unpaired) electrons. The van der Waals surface area contributed by atoms with Gasteiger partial charge >= 0.3 is 0 Å². The first kappa shape index (κ1) is 15.4. The van der Waals surface area contributed by atoms with E-state index in [1.165, 1.54) is 48.0 Å². The van der Waals surface area contributed by atoms with Crippen LogP contribution in [0.25, 0.3) is 10.9 Å². The standard InChI is InChI=1S/C19H28N2O/c1-3-10-21(11-4-2)12-9-15-14-20-17-7-8-18-16(19(15)17)6-5-13-22-18/h7-8,14,20H,3-6,9-13H2,1-2H3. The van der Waals surface area contributed by atoms with Crippen molar-refractivity contribution in [1.82, 2.24) is 9.88 Å². The van der Waals surface area contributed by atoms with Crippen molar-refractivity contribution in [1.29, 1.82) is 0 Å². The number of hydrogen-bond acceptors (Lipinski definition) is 2. The summed E-state index contributed by atoms with van der Waals surface area (Å²) in [4.78, 5) is 6.04. The zero-order valence-corrected chi connectivity index (χ0v) is 14.0. The van der Waals surface area contributed by atoms with Crippen LogP contribution in [-0.4, -0.2) is 36.1 Å². The van der Waals surface area contributed by atoms with Crippen molar-refractivity contribution in [3.63, 3.8) is 0 Å². The lowest BCUT2D eigenvalue weighted by Gasteiger charge is -2.21. The monoisotopic (exact) mass is 300 g/mol. The predicted octanol–water partition coefficient (Wildman–Crippen LogP) is 4.16. The predicted molar refractivity (Wildman–Crippen MR) is 92.8 cm³/mol. The summed E-state index contributed by atoms with van der Waals surface area (Å²) in [5, 5.41) is 1.42. The Morgan fingerprint density at radius 3 is 2.73 bits per heavy atom. The van der Waals surface area contributed by atoms with Gasteiger partial charge in [0.25, 0.3) is 0 Å². The quantitative estimate of drug-likeness (QED) is 0.831. The van der Waals surface area contributed by atoms with Gasteiger partial charge < -0.3 is 14.6 Å². The van der Waals surface area contributed by atoms with Gasteiger partial charge in [-0.3, -0.25) is 0 Å². The van der Waals surface area contributed by atoms with Crippen molar-refractivity contribution in [2.24, 2.45) is 0 Å². The highest BCUT2D eigenvalue weighted by Crippen LogP contribution is 2.34. The summed E-state index contributed by atoms with van der Waals surface area (Å²) in [6.45, 7) is 8.96. The molecule has 0 unspecified atom stereocenters. The van der Waals surface area contributed by atoms with E-state index in [9.17, 15) is 0 Å². The highest BCUT2D eigenvalue weighted by Gasteiger charge is 2.17. The number of aromatic amines is 1. The van der Waals surface area contributed by atoms with Crippen LogP contribution in [0.1, 0.15) is 44.2 Å². The summed E-state index contributed by atoms with van der Waals surface area (Å²) < 4.78 is 5.83. The number of benzene rings is 1. The fraction of sp³-hybridized carbons (Fsp3) is 0.579. The normalized spacial score (nSPS) is 14.3. The van der Waals surface area contributed by atoms with Gasteiger partial charge in [-0.05, 0) is 62.9 Å². The molecule has 0 aliphatic carbocycles. The van der Waals surface area contributed by atoms with Crippen LogP contribution in [0.3, 0.4) is 0 Å². The Bertz CT molecular complexity index is 611. The van der Waals surface area contributed by atoms with Crippen molar-refractivity contribution in [2.75, 3.05) is 26.2 Å². The molecule has 0 amide bonds. The smallest absolute Gasteiger partial charge is 0.123 e. The molecule has 3 heteroatoms. The molecule has 0 atom stereocenters. The third-order valence-corrected chi connectivity index (χ3v) is 4.60. The first-order valence-corrected chi connectivity index (χ1v) is 8.80. The van der Waals surface area contributed by atoms with E-state index >= 15 is 0 Å². The molecule has 0 spiro atoms. The van der Waals surface area contributed by atoms with Gasteiger partial charge in [0, 0.05) is 29.2 Å². The zero-order chi connectivity index (χ0) is 15.4. The van der Waals surface area contributed by atoms with E-state index in [1.807, 2.05) is 0 Å². The molecule has 22 heavy (non-hydrogen) atoms. The van der Waals surface area contributed by atoms with Crippen LogP contribution in [-0.2, 0) is 12.8 Å². The van der Waals surface area contributed by atoms with Gasteiger partial charge in [-0.2, -0.15) is 0 Å². The molecule has 0 saturated heterocycles. The van der Waals surface area contributed by atoms with E-state index in [1.54, 1.807) is 0 Å². The van der Waals surface area contributed by atoms with E-state index in [2.05, 4.69) is 42.1 Å². The summed E-state index contributed by atoms with van der Waals surface area (Å²) in [7, 11) is 0. The second kappa shape index (κ2) is 7.19. The summed E-state index contributed by atoms with van der Waals surface area (Å²) in [6, 6.07) is 4.29. The summed E-state index contributed by atoms with van der Waals surface area (Å²) in [5.74, 6) is 1.10. The largest absolute Gasteiger partial charge is 0.493 e. The molecule has 0 bridgehead atoms. The lowest BCUT2D eigenvalue weighted by molar-refractivity contribution is 0.278. The number of fused-ring (bicyclic) bond motifs is 3. The third kappa shape index (κ3) is 3.14. The molecule has 2 aromatic rings. The summed E-state index contributed by atoms with van der Waals surface area (Å²) in [6.07, 6.45) is 8.07. The third-order valence-electron chi connectivity index (χ3n) is 4.60. The van der Waals surface area contributed by atoms with Crippen LogP contribution in [0.2, 0.25) is 0 Å². The molecule has 1 aromatic carbocycles. The number of nitrogens with one attached hydrogen (secondary N) is 1. The molecule has 3 rings (SSSR count). The number of aromatic nitrogens is 1. The second-order valence-corrected chi connectivity index (χ2v) is 6.32. The molecule has 2 heterocycles. The maximum absolute atomic E-state index is 5.83. The lowest BCUT2D eigenvalue weighted by Crippen LogP contribution is -2.27. The highest BCUT2D eigenvalue weighted by molar-refractivity contribution is 5.89. The molecule has 3 nitrogen and oxygen atoms in total. The molecule has 1 aliphatic rings. The molecule has 1 N–H and O–H groups in total. The Balaban J connectivity index is 1.81. The lowest BCUT2D eigenvalue weighted by atomic mass is 9.98. The SMILES string of the molecule is CCCN(CCC)CCc1c[nH]c2ccc3c(c12)CCCO3. The van der Waals surface area contributed by atoms with Gasteiger partial charge in [-0.15, -0.1) is 0 Å². The van der Waals surface area contributed by atoms with Crippen LogP contribution < -0.4 is 4.74 Å². The molecule has 0 saturated carbocycles. The molecular formula is C19H28N2O. The molecule has 120 valence electrons. The first-order chi connectivity index (χ1) is 10.8. The van der Waals surface area contributed by atoms with E-state index in [0.29, 0.717) is 0 Å². The fourth-order valence-electron chi connectivity index (χ4n) is 3.61. The van der Waals surface area contributed by atoms with Crippen LogP contribution in [0.15, 0.2) is 18.3 Å². The van der Waals surface area contributed by atoms with Gasteiger partial charge in [0.05, 0.1) is 6.61 Å². The number of nitrogens with zero attached hydrogens (tertiary/aromatic N) is 1. The van der Waals surface area contributed by atoms with Crippen molar-refractivity contribution in [3.05, 3.63) is 29.5 Å². The van der Waals surface area contributed by atoms with Crippen LogP contribution in [0, 0.1) is 0 Å². The molecule has 0 fully saturated rings. The number of hydrogen-bond donors (Lipinski definition) is 1. The van der Waals surface area contributed by atoms with Crippen molar-refractivity contribution in [3.8, 4) is 5.75 Å². The maximum Gasteiger partial charge on any atom is 0.123 e. The minimum atomic E-state index is 0.860. The Morgan fingerprint density at radius 2 is 1.95 bits per heavy atom. The van der Waals surface area contributed by atoms with Crippen molar-refractivity contribution >= 4 is 10.9 Å². The minimum absolute atomic E-state index is 0.860. The van der Waals surface area contributed by atoms with Crippen LogP contribution in [0.4, 0.5) is 0 Å². The second-order valence-electron chi connectivity index (χ2n) is 6.32. The summed E-state index contributed by atoms with van der Waals surface area (Å²) in [5.41, 5.74) is 4.13. The minimum Gasteiger partial charge on any atom is -0.493 e. The van der Waals surface area contributed by atoms with E-state index in [4.69, 9.17) is 4.74 Å². The molecule has 1 aliphatic heterocycles. The van der Waals surface area contributed by atoms with Gasteiger partial charge in [0.1, 0.15) is 5.75 Å². The number of aryl methyl sites for hydroxylation is 1. The van der Waals surface area contributed by atoms with Crippen molar-refractivity contribution in [2.45, 2.75) is 46.0 Å². The van der Waals surface area contributed by atoms with E-state index in [0.717, 1.165) is 38.2 Å². The van der Waals surface area contributed by atoms with Gasteiger partial charge in [0.2, 0.25) is 0 Å². The molecular weight excluding hydrogens is 272 g/mol. The first-order valence-electron chi connectivity index (χ1n) is 8.80. The molecule has 1 aromatic heterocycles. The van der Waals surface area contributed by atoms with Crippen LogP contribution in [0.5, 0.6) is 5.75 Å². The van der Waals surface area contributed by atoms with E-state index < -0.39 is 0 Å². The number of H-pyrrole nitrogens is 1. The Kier molecular flexibility index (Phi) is 5.04. The number of ether oxygens (including phenoxy) is 1. The van der Waals surface area contributed by atoms with Gasteiger partial charge in [0.15, 0.2) is 0 Å². The average molecular weight is 300 g/mol. The van der Waals surface area contributed by atoms with Gasteiger partial charge in [-0.25, -0.2) is 0 Å². The fourth-order valence-corrected chi connectivity index (χ4v) is 3.61. The topological polar surface area (TPSA) is 28.3 Å². The van der Waals surface area contributed by atoms with Crippen LogP contribution >= 0.6 is 0 Å². The van der Waals surface area contributed by atoms with E-state index in [-0.39, 0.29) is 0 Å². The number of rotatable bonds is 7. The Labute approximate surface area is 133 Å². The zero-order valence-electron chi connectivity index (χ0n) is 14.0. The maximum atomic E-state index is 5.83. The van der Waals surface area contributed by atoms with Crippen molar-refractivity contribution < 1.29 is 4.74 Å². The highest BCUT2D eigenvalue weighted by atomic mass is 16.5. The summed E-state index contributed by atoms with van der Waals surface area (Å²) >= 11 is 0. The Morgan fingerprint density at radius 1 is 1.14 bits per heavy atom. The Hall–Kier alpha value is -1.48. The average Bonchev–Trinajstić information content (AvgIpc) is 2.97. The van der Waals surface area contributed by atoms with Gasteiger partial charge in [-0.1, -0.05) is 13.8 Å².